The van der Waals surface area contributed by atoms with Crippen LogP contribution in [0.2, 0.25) is 0 Å². The van der Waals surface area contributed by atoms with Crippen molar-refractivity contribution in [2.24, 2.45) is 17.1 Å². The number of nitrogens with one attached hydrogen (secondary N) is 1. The largest absolute Gasteiger partial charge is 0.455 e. The van der Waals surface area contributed by atoms with E-state index in [0.29, 0.717) is 37.1 Å². The number of rotatable bonds is 7. The molecule has 11 nitrogen and oxygen atoms in total. The molecular weight excluding hydrogens is 498 g/mol. The van der Waals surface area contributed by atoms with E-state index >= 15 is 0 Å². The molecule has 3 unspecified atom stereocenters. The predicted molar refractivity (Wildman–Crippen MR) is 144 cm³/mol. The van der Waals surface area contributed by atoms with Gasteiger partial charge in [0.15, 0.2) is 0 Å². The van der Waals surface area contributed by atoms with E-state index in [4.69, 9.17) is 10.5 Å². The number of aromatic nitrogens is 3. The molecule has 1 saturated carbocycles. The van der Waals surface area contributed by atoms with E-state index in [2.05, 4.69) is 28.4 Å². The number of carbonyl (C=O) groups excluding carboxylic acids is 2. The number of aliphatic hydroxyl groups is 1. The van der Waals surface area contributed by atoms with Gasteiger partial charge in [-0.05, 0) is 51.7 Å². The molecule has 204 valence electrons. The number of nitriles is 1. The van der Waals surface area contributed by atoms with Crippen LogP contribution in [0.5, 0.6) is 0 Å². The summed E-state index contributed by atoms with van der Waals surface area (Å²) in [6.07, 6.45) is 5.42. The third-order valence-electron chi connectivity index (χ3n) is 7.43. The number of esters is 1. The van der Waals surface area contributed by atoms with Gasteiger partial charge in [-0.1, -0.05) is 13.0 Å². The summed E-state index contributed by atoms with van der Waals surface area (Å²) in [7, 11) is 0. The molecule has 1 saturated heterocycles. The van der Waals surface area contributed by atoms with Gasteiger partial charge in [0.1, 0.15) is 17.5 Å². The van der Waals surface area contributed by atoms with Crippen LogP contribution in [0.4, 0.5) is 5.69 Å². The molecule has 3 atom stereocenters. The number of ether oxygens (including phenoxy) is 1. The Balaban J connectivity index is 1.42. The Labute approximate surface area is 226 Å². The second-order valence-electron chi connectivity index (χ2n) is 11.6. The lowest BCUT2D eigenvalue weighted by atomic mass is 10.1. The first-order chi connectivity index (χ1) is 18.4. The Morgan fingerprint density at radius 1 is 1.26 bits per heavy atom. The Kier molecular flexibility index (Phi) is 6.56. The average molecular weight is 532 g/mol. The van der Waals surface area contributed by atoms with Crippen LogP contribution in [0.15, 0.2) is 36.8 Å². The third kappa shape index (κ3) is 5.17. The highest BCUT2D eigenvalue weighted by Gasteiger charge is 2.53. The van der Waals surface area contributed by atoms with E-state index in [-0.39, 0.29) is 23.2 Å². The van der Waals surface area contributed by atoms with Gasteiger partial charge in [-0.2, -0.15) is 10.4 Å². The number of amides is 1. The predicted octanol–water partition coefficient (Wildman–Crippen LogP) is 2.80. The van der Waals surface area contributed by atoms with Crippen LogP contribution in [0.3, 0.4) is 0 Å². The lowest BCUT2D eigenvalue weighted by molar-refractivity contribution is -0.0212. The summed E-state index contributed by atoms with van der Waals surface area (Å²) in [4.78, 5) is 30.9. The molecule has 1 aliphatic heterocycles. The molecule has 1 aliphatic carbocycles. The van der Waals surface area contributed by atoms with Gasteiger partial charge in [0.05, 0.1) is 34.4 Å². The first kappa shape index (κ1) is 26.6. The highest BCUT2D eigenvalue weighted by Crippen LogP contribution is 2.49. The van der Waals surface area contributed by atoms with Gasteiger partial charge >= 0.3 is 5.97 Å². The van der Waals surface area contributed by atoms with Gasteiger partial charge in [-0.15, -0.1) is 0 Å². The summed E-state index contributed by atoms with van der Waals surface area (Å²) in [5.74, 6) is -0.965. The summed E-state index contributed by atoms with van der Waals surface area (Å²) in [5.41, 5.74) is 7.63. The molecule has 1 amide bonds. The topological polar surface area (TPSA) is 159 Å². The molecule has 0 aromatic carbocycles. The minimum atomic E-state index is -0.819. The van der Waals surface area contributed by atoms with Crippen LogP contribution >= 0.6 is 0 Å². The van der Waals surface area contributed by atoms with E-state index in [1.165, 1.54) is 6.20 Å². The molecule has 5 rings (SSSR count). The van der Waals surface area contributed by atoms with Crippen molar-refractivity contribution in [2.75, 3.05) is 18.4 Å². The zero-order chi connectivity index (χ0) is 28.1. The Morgan fingerprint density at radius 2 is 2.00 bits per heavy atom. The number of hydrogen-bond donors (Lipinski definition) is 3. The summed E-state index contributed by atoms with van der Waals surface area (Å²) in [6, 6.07) is 7.46. The minimum absolute atomic E-state index is 0.0911. The summed E-state index contributed by atoms with van der Waals surface area (Å²) >= 11 is 0. The fraction of sp³-hybridized carbons (Fsp3) is 0.464. The molecule has 0 radical (unpaired) electrons. The number of anilines is 1. The number of nitrogens with two attached hydrogens (primary N) is 1. The van der Waals surface area contributed by atoms with Crippen molar-refractivity contribution in [3.05, 3.63) is 48.0 Å². The number of aliphatic hydroxyl groups excluding tert-OH is 1. The number of hydrogen-bond acceptors (Lipinski definition) is 9. The minimum Gasteiger partial charge on any atom is -0.455 e. The van der Waals surface area contributed by atoms with Crippen molar-refractivity contribution in [1.29, 1.82) is 5.26 Å². The summed E-state index contributed by atoms with van der Waals surface area (Å²) in [5, 5.41) is 28.2. The van der Waals surface area contributed by atoms with Crippen molar-refractivity contribution in [3.8, 4) is 17.2 Å². The Hall–Kier alpha value is -4.01. The van der Waals surface area contributed by atoms with Gasteiger partial charge < -0.3 is 20.9 Å². The van der Waals surface area contributed by atoms with Crippen LogP contribution in [-0.4, -0.2) is 67.4 Å². The highest BCUT2D eigenvalue weighted by atomic mass is 16.6. The molecule has 4 N–H and O–H groups in total. The van der Waals surface area contributed by atoms with Gasteiger partial charge in [0.25, 0.3) is 5.91 Å². The van der Waals surface area contributed by atoms with Crippen molar-refractivity contribution in [1.82, 2.24) is 19.5 Å². The standard InChI is InChI=1S/C28H33N7O4/c1-16-12-34(26(38)28(15-29)7-8-28)14-21(16)33-23-19(24(30)36)11-32-35-13-18(9-22(23)35)17-5-6-20(31-10-17)25(37)39-27(2,3)4/h5-6,9-11,13,16,21,26,33,38H,7-8,12,14H2,1-4H3,(H2,30,36). The summed E-state index contributed by atoms with van der Waals surface area (Å²) in [6.45, 7) is 8.60. The number of fused-ring (bicyclic) bond motifs is 1. The molecule has 39 heavy (non-hydrogen) atoms. The van der Waals surface area contributed by atoms with Crippen molar-refractivity contribution >= 4 is 23.1 Å². The fourth-order valence-electron chi connectivity index (χ4n) is 5.06. The van der Waals surface area contributed by atoms with Crippen LogP contribution in [0, 0.1) is 22.7 Å². The van der Waals surface area contributed by atoms with Crippen LogP contribution in [0.1, 0.15) is 61.4 Å². The Bertz CT molecular complexity index is 1460. The maximum absolute atomic E-state index is 12.3. The first-order valence-corrected chi connectivity index (χ1v) is 13.0. The van der Waals surface area contributed by atoms with Crippen molar-refractivity contribution in [3.63, 3.8) is 0 Å². The lowest BCUT2D eigenvalue weighted by Crippen LogP contribution is -2.41. The Morgan fingerprint density at radius 3 is 2.59 bits per heavy atom. The molecule has 4 heterocycles. The van der Waals surface area contributed by atoms with Gasteiger partial charge in [-0.25, -0.2) is 14.3 Å². The fourth-order valence-corrected chi connectivity index (χ4v) is 5.06. The zero-order valence-electron chi connectivity index (χ0n) is 22.5. The quantitative estimate of drug-likeness (QED) is 0.390. The third-order valence-corrected chi connectivity index (χ3v) is 7.43. The normalized spacial score (nSPS) is 21.3. The molecule has 3 aromatic rings. The monoisotopic (exact) mass is 531 g/mol. The number of primary amides is 1. The number of likely N-dealkylation sites (tertiary alicyclic amines) is 1. The van der Waals surface area contributed by atoms with Gasteiger partial charge in [0, 0.05) is 42.7 Å². The zero-order valence-corrected chi connectivity index (χ0v) is 22.5. The van der Waals surface area contributed by atoms with E-state index in [9.17, 15) is 20.0 Å². The molecular formula is C28H33N7O4. The van der Waals surface area contributed by atoms with Crippen molar-refractivity contribution in [2.45, 2.75) is 58.4 Å². The van der Waals surface area contributed by atoms with E-state index in [1.807, 2.05) is 17.2 Å². The van der Waals surface area contributed by atoms with Gasteiger partial charge in [0.2, 0.25) is 0 Å². The number of carbonyl (C=O) groups is 2. The van der Waals surface area contributed by atoms with Crippen LogP contribution < -0.4 is 11.1 Å². The maximum atomic E-state index is 12.3. The van der Waals surface area contributed by atoms with E-state index in [1.54, 1.807) is 43.6 Å². The molecule has 11 heteroatoms. The SMILES string of the molecule is CC1CN(C(O)C2(C#N)CC2)CC1Nc1c(C(N)=O)cnn2cc(-c3ccc(C(=O)OC(C)(C)C)nc3)cc12. The molecule has 2 fully saturated rings. The van der Waals surface area contributed by atoms with Gasteiger partial charge in [-0.3, -0.25) is 9.69 Å². The number of pyridine rings is 1. The molecule has 3 aromatic heterocycles. The second-order valence-corrected chi connectivity index (χ2v) is 11.6. The van der Waals surface area contributed by atoms with Crippen LogP contribution in [-0.2, 0) is 4.74 Å². The van der Waals surface area contributed by atoms with E-state index < -0.39 is 29.1 Å². The molecule has 2 aliphatic rings. The highest BCUT2D eigenvalue weighted by molar-refractivity contribution is 6.02. The summed E-state index contributed by atoms with van der Waals surface area (Å²) < 4.78 is 7.05. The van der Waals surface area contributed by atoms with Crippen molar-refractivity contribution < 1.29 is 19.4 Å². The molecule has 0 bridgehead atoms. The smallest absolute Gasteiger partial charge is 0.357 e. The average Bonchev–Trinajstić information content (AvgIpc) is 3.42. The number of nitrogens with zero attached hydrogens (tertiary/aromatic N) is 5. The second kappa shape index (κ2) is 9.63. The van der Waals surface area contributed by atoms with Crippen LogP contribution in [0.25, 0.3) is 16.6 Å². The molecule has 0 spiro atoms. The van der Waals surface area contributed by atoms with E-state index in [0.717, 1.165) is 11.1 Å². The lowest BCUT2D eigenvalue weighted by Gasteiger charge is -2.26. The maximum Gasteiger partial charge on any atom is 0.357 e. The first-order valence-electron chi connectivity index (χ1n) is 13.0.